The first-order chi connectivity index (χ1) is 15.0. The van der Waals surface area contributed by atoms with Crippen LogP contribution in [0.4, 0.5) is 8.78 Å². The SMILES string of the molecule is Cc1cc(-c2cc(C(C)(C)S(C)(=O)=O)ccc2Oc2ccc(F)cc2F)c2cc[nH]c2n1. The van der Waals surface area contributed by atoms with Gasteiger partial charge in [0, 0.05) is 35.2 Å². The van der Waals surface area contributed by atoms with Crippen molar-refractivity contribution in [3.63, 3.8) is 0 Å². The fourth-order valence-electron chi connectivity index (χ4n) is 3.48. The monoisotopic (exact) mass is 456 g/mol. The Morgan fingerprint density at radius 3 is 2.38 bits per heavy atom. The summed E-state index contributed by atoms with van der Waals surface area (Å²) >= 11 is 0. The lowest BCUT2D eigenvalue weighted by molar-refractivity contribution is 0.438. The number of aromatic amines is 1. The summed E-state index contributed by atoms with van der Waals surface area (Å²) in [5, 5.41) is 0.800. The summed E-state index contributed by atoms with van der Waals surface area (Å²) in [6.07, 6.45) is 2.94. The first-order valence-corrected chi connectivity index (χ1v) is 11.8. The number of sulfone groups is 1. The minimum atomic E-state index is -3.44. The van der Waals surface area contributed by atoms with Gasteiger partial charge in [0.2, 0.25) is 0 Å². The van der Waals surface area contributed by atoms with Crippen LogP contribution in [-0.2, 0) is 14.6 Å². The normalized spacial score (nSPS) is 12.3. The molecule has 5 nitrogen and oxygen atoms in total. The number of fused-ring (bicyclic) bond motifs is 1. The Morgan fingerprint density at radius 2 is 1.69 bits per heavy atom. The summed E-state index contributed by atoms with van der Waals surface area (Å²) < 4.78 is 57.2. The zero-order valence-electron chi connectivity index (χ0n) is 18.0. The lowest BCUT2D eigenvalue weighted by atomic mass is 9.94. The van der Waals surface area contributed by atoms with E-state index >= 15 is 0 Å². The Morgan fingerprint density at radius 1 is 0.969 bits per heavy atom. The molecule has 1 N–H and O–H groups in total. The number of hydrogen-bond acceptors (Lipinski definition) is 4. The number of nitrogens with zero attached hydrogens (tertiary/aromatic N) is 1. The zero-order chi connectivity index (χ0) is 23.3. The lowest BCUT2D eigenvalue weighted by Crippen LogP contribution is -2.28. The van der Waals surface area contributed by atoms with Gasteiger partial charge in [-0.05, 0) is 68.3 Å². The minimum absolute atomic E-state index is 0.140. The fourth-order valence-corrected chi connectivity index (χ4v) is 4.04. The number of hydrogen-bond donors (Lipinski definition) is 1. The number of aromatic nitrogens is 2. The van der Waals surface area contributed by atoms with Crippen molar-refractivity contribution in [2.24, 2.45) is 0 Å². The smallest absolute Gasteiger partial charge is 0.168 e. The molecule has 0 atom stereocenters. The Kier molecular flexibility index (Phi) is 5.29. The van der Waals surface area contributed by atoms with Crippen LogP contribution >= 0.6 is 0 Å². The molecule has 0 saturated heterocycles. The molecule has 0 aliphatic rings. The van der Waals surface area contributed by atoms with Crippen molar-refractivity contribution in [1.82, 2.24) is 9.97 Å². The third-order valence-electron chi connectivity index (χ3n) is 5.66. The van der Waals surface area contributed by atoms with Crippen molar-refractivity contribution in [2.75, 3.05) is 6.26 Å². The average Bonchev–Trinajstić information content (AvgIpc) is 3.17. The minimum Gasteiger partial charge on any atom is -0.454 e. The van der Waals surface area contributed by atoms with Crippen LogP contribution in [0.25, 0.3) is 22.2 Å². The number of pyridine rings is 1. The van der Waals surface area contributed by atoms with Crippen LogP contribution in [0.5, 0.6) is 11.5 Å². The van der Waals surface area contributed by atoms with E-state index in [0.717, 1.165) is 28.8 Å². The van der Waals surface area contributed by atoms with Crippen LogP contribution in [0.2, 0.25) is 0 Å². The third-order valence-corrected chi connectivity index (χ3v) is 7.75. The van der Waals surface area contributed by atoms with E-state index in [1.54, 1.807) is 38.2 Å². The number of benzene rings is 2. The summed E-state index contributed by atoms with van der Waals surface area (Å²) in [5.74, 6) is -1.39. The third kappa shape index (κ3) is 3.86. The number of ether oxygens (including phenoxy) is 1. The fraction of sp³-hybridized carbons (Fsp3) is 0.208. The second-order valence-corrected chi connectivity index (χ2v) is 10.8. The second kappa shape index (κ2) is 7.70. The van der Waals surface area contributed by atoms with Crippen molar-refractivity contribution in [2.45, 2.75) is 25.5 Å². The summed E-state index contributed by atoms with van der Waals surface area (Å²) in [4.78, 5) is 7.55. The van der Waals surface area contributed by atoms with E-state index < -0.39 is 26.2 Å². The van der Waals surface area contributed by atoms with Crippen molar-refractivity contribution < 1.29 is 21.9 Å². The van der Waals surface area contributed by atoms with Gasteiger partial charge in [-0.1, -0.05) is 6.07 Å². The Hall–Kier alpha value is -3.26. The molecule has 32 heavy (non-hydrogen) atoms. The molecule has 0 unspecified atom stereocenters. The van der Waals surface area contributed by atoms with Gasteiger partial charge in [-0.15, -0.1) is 0 Å². The molecule has 0 aliphatic heterocycles. The van der Waals surface area contributed by atoms with E-state index in [0.29, 0.717) is 22.5 Å². The molecule has 0 spiro atoms. The second-order valence-electron chi connectivity index (χ2n) is 8.22. The van der Waals surface area contributed by atoms with Gasteiger partial charge in [-0.2, -0.15) is 0 Å². The number of halogens is 2. The van der Waals surface area contributed by atoms with E-state index in [1.165, 1.54) is 12.3 Å². The highest BCUT2D eigenvalue weighted by Gasteiger charge is 2.33. The molecule has 2 aromatic carbocycles. The Balaban J connectivity index is 1.97. The topological polar surface area (TPSA) is 72.1 Å². The molecule has 8 heteroatoms. The van der Waals surface area contributed by atoms with Gasteiger partial charge in [0.15, 0.2) is 21.4 Å². The van der Waals surface area contributed by atoms with Gasteiger partial charge in [0.1, 0.15) is 17.2 Å². The molecule has 0 radical (unpaired) electrons. The average molecular weight is 457 g/mol. The molecule has 0 aliphatic carbocycles. The van der Waals surface area contributed by atoms with Gasteiger partial charge in [-0.25, -0.2) is 22.2 Å². The van der Waals surface area contributed by atoms with Crippen LogP contribution in [0, 0.1) is 18.6 Å². The summed E-state index contributed by atoms with van der Waals surface area (Å²) in [6, 6.07) is 11.8. The standard InChI is InChI=1S/C24H22F2N2O3S/c1-14-11-18(17-9-10-27-23(17)28-14)19-12-15(24(2,3)32(4,29)30)5-7-21(19)31-22-8-6-16(25)13-20(22)26/h5-13H,1-4H3,(H,27,28). The van der Waals surface area contributed by atoms with Crippen LogP contribution in [-0.4, -0.2) is 24.6 Å². The predicted octanol–water partition coefficient (Wildman–Crippen LogP) is 5.89. The van der Waals surface area contributed by atoms with Crippen LogP contribution in [0.15, 0.2) is 54.7 Å². The maximum Gasteiger partial charge on any atom is 0.168 e. The largest absolute Gasteiger partial charge is 0.454 e. The predicted molar refractivity (Wildman–Crippen MR) is 121 cm³/mol. The van der Waals surface area contributed by atoms with E-state index in [4.69, 9.17) is 4.74 Å². The van der Waals surface area contributed by atoms with E-state index in [1.807, 2.05) is 19.1 Å². The van der Waals surface area contributed by atoms with Crippen LogP contribution < -0.4 is 4.74 Å². The molecule has 4 aromatic rings. The van der Waals surface area contributed by atoms with Crippen LogP contribution in [0.1, 0.15) is 25.1 Å². The van der Waals surface area contributed by atoms with Gasteiger partial charge < -0.3 is 9.72 Å². The van der Waals surface area contributed by atoms with Crippen LogP contribution in [0.3, 0.4) is 0 Å². The highest BCUT2D eigenvalue weighted by atomic mass is 32.2. The summed E-state index contributed by atoms with van der Waals surface area (Å²) in [6.45, 7) is 5.10. The molecule has 0 saturated carbocycles. The number of aryl methyl sites for hydroxylation is 1. The summed E-state index contributed by atoms with van der Waals surface area (Å²) in [7, 11) is -3.44. The van der Waals surface area contributed by atoms with Gasteiger partial charge in [0.05, 0.1) is 4.75 Å². The van der Waals surface area contributed by atoms with Gasteiger partial charge >= 0.3 is 0 Å². The molecule has 0 fully saturated rings. The first-order valence-electron chi connectivity index (χ1n) is 9.89. The number of nitrogens with one attached hydrogen (secondary N) is 1. The van der Waals surface area contributed by atoms with E-state index in [9.17, 15) is 17.2 Å². The highest BCUT2D eigenvalue weighted by Crippen LogP contribution is 2.41. The van der Waals surface area contributed by atoms with Crippen molar-refractivity contribution in [3.8, 4) is 22.6 Å². The van der Waals surface area contributed by atoms with E-state index in [-0.39, 0.29) is 5.75 Å². The maximum absolute atomic E-state index is 14.3. The number of H-pyrrole nitrogens is 1. The molecule has 2 aromatic heterocycles. The number of rotatable bonds is 5. The molecule has 2 heterocycles. The van der Waals surface area contributed by atoms with Crippen molar-refractivity contribution >= 4 is 20.9 Å². The molecule has 4 rings (SSSR count). The Labute approximate surface area is 185 Å². The maximum atomic E-state index is 14.3. The van der Waals surface area contributed by atoms with Gasteiger partial charge in [-0.3, -0.25) is 0 Å². The van der Waals surface area contributed by atoms with Gasteiger partial charge in [0.25, 0.3) is 0 Å². The van der Waals surface area contributed by atoms with Crippen molar-refractivity contribution in [3.05, 3.63) is 77.6 Å². The zero-order valence-corrected chi connectivity index (χ0v) is 18.8. The lowest BCUT2D eigenvalue weighted by Gasteiger charge is -2.25. The molecule has 166 valence electrons. The molecular weight excluding hydrogens is 434 g/mol. The Bertz CT molecular complexity index is 1440. The highest BCUT2D eigenvalue weighted by molar-refractivity contribution is 7.91. The van der Waals surface area contributed by atoms with Crippen molar-refractivity contribution in [1.29, 1.82) is 0 Å². The van der Waals surface area contributed by atoms with E-state index in [2.05, 4.69) is 9.97 Å². The molecule has 0 bridgehead atoms. The quantitative estimate of drug-likeness (QED) is 0.407. The molecule has 0 amide bonds. The summed E-state index contributed by atoms with van der Waals surface area (Å²) in [5.41, 5.74) is 3.27. The molecular formula is C24H22F2N2O3S. The first kappa shape index (κ1) is 22.0.